The lowest BCUT2D eigenvalue weighted by Crippen LogP contribution is -2.36. The van der Waals surface area contributed by atoms with Gasteiger partial charge in [-0.2, -0.15) is 5.10 Å². The van der Waals surface area contributed by atoms with E-state index in [1.165, 1.54) is 18.4 Å². The molecule has 0 radical (unpaired) electrons. The van der Waals surface area contributed by atoms with Crippen molar-refractivity contribution in [2.45, 2.75) is 51.7 Å². The van der Waals surface area contributed by atoms with Gasteiger partial charge in [-0.15, -0.1) is 0 Å². The molecule has 1 fully saturated rings. The number of nitrogens with zero attached hydrogens (tertiary/aromatic N) is 1. The maximum absolute atomic E-state index is 6.22. The monoisotopic (exact) mass is 273 g/mol. The topological polar surface area (TPSA) is 49.9 Å². The van der Waals surface area contributed by atoms with Crippen LogP contribution in [0.1, 0.15) is 38.2 Å². The van der Waals surface area contributed by atoms with E-state index >= 15 is 0 Å². The molecule has 1 aromatic heterocycles. The molecule has 1 aliphatic carbocycles. The van der Waals surface area contributed by atoms with E-state index in [2.05, 4.69) is 41.5 Å². The van der Waals surface area contributed by atoms with Gasteiger partial charge in [0.2, 0.25) is 0 Å². The zero-order valence-corrected chi connectivity index (χ0v) is 12.3. The van der Waals surface area contributed by atoms with Crippen molar-refractivity contribution >= 4 is 10.9 Å². The molecule has 4 heteroatoms. The first-order valence-electron chi connectivity index (χ1n) is 7.60. The third kappa shape index (κ3) is 2.66. The predicted octanol–water partition coefficient (Wildman–Crippen LogP) is 3.17. The third-order valence-corrected chi connectivity index (χ3v) is 4.30. The van der Waals surface area contributed by atoms with Crippen LogP contribution in [0, 0.1) is 6.92 Å². The first-order valence-corrected chi connectivity index (χ1v) is 7.60. The van der Waals surface area contributed by atoms with Crippen LogP contribution in [0.2, 0.25) is 0 Å². The van der Waals surface area contributed by atoms with Gasteiger partial charge in [0, 0.05) is 17.0 Å². The summed E-state index contributed by atoms with van der Waals surface area (Å²) in [7, 11) is 0. The molecule has 0 amide bonds. The van der Waals surface area contributed by atoms with Gasteiger partial charge in [0.05, 0.1) is 17.8 Å². The molecule has 2 N–H and O–H groups in total. The van der Waals surface area contributed by atoms with Crippen LogP contribution in [0.15, 0.2) is 18.3 Å². The Balaban J connectivity index is 1.66. The van der Waals surface area contributed by atoms with Crippen LogP contribution < -0.4 is 10.1 Å². The summed E-state index contributed by atoms with van der Waals surface area (Å²) in [5.41, 5.74) is 2.26. The van der Waals surface area contributed by atoms with E-state index in [0.29, 0.717) is 12.1 Å². The van der Waals surface area contributed by atoms with Gasteiger partial charge in [-0.05, 0) is 51.3 Å². The largest absolute Gasteiger partial charge is 0.490 e. The van der Waals surface area contributed by atoms with Crippen molar-refractivity contribution in [3.63, 3.8) is 0 Å². The number of nitrogens with one attached hydrogen (secondary N) is 2. The summed E-state index contributed by atoms with van der Waals surface area (Å²) < 4.78 is 6.22. The summed E-state index contributed by atoms with van der Waals surface area (Å²) in [5, 5.41) is 11.8. The lowest BCUT2D eigenvalue weighted by atomic mass is 9.93. The minimum atomic E-state index is 0.355. The SMILES string of the molecule is CCN[C@H]1CC[C@@H](Oc2ccc3[nH]ncc3c2C)CC1. The average molecular weight is 273 g/mol. The van der Waals surface area contributed by atoms with Crippen LogP contribution in [0.4, 0.5) is 0 Å². The zero-order valence-electron chi connectivity index (χ0n) is 12.3. The first-order chi connectivity index (χ1) is 9.78. The smallest absolute Gasteiger partial charge is 0.123 e. The molecule has 3 rings (SSSR count). The number of hydrogen-bond acceptors (Lipinski definition) is 3. The van der Waals surface area contributed by atoms with Crippen LogP contribution >= 0.6 is 0 Å². The molecule has 20 heavy (non-hydrogen) atoms. The Labute approximate surface area is 119 Å². The quantitative estimate of drug-likeness (QED) is 0.899. The maximum Gasteiger partial charge on any atom is 0.123 e. The van der Waals surface area contributed by atoms with E-state index in [1.54, 1.807) is 0 Å². The van der Waals surface area contributed by atoms with Crippen molar-refractivity contribution in [2.75, 3.05) is 6.54 Å². The molecule has 0 bridgehead atoms. The number of H-pyrrole nitrogens is 1. The van der Waals surface area contributed by atoms with E-state index in [-0.39, 0.29) is 0 Å². The molecule has 0 unspecified atom stereocenters. The van der Waals surface area contributed by atoms with Gasteiger partial charge in [0.15, 0.2) is 0 Å². The van der Waals surface area contributed by atoms with Crippen LogP contribution in [-0.4, -0.2) is 28.9 Å². The van der Waals surface area contributed by atoms with Crippen LogP contribution in [0.25, 0.3) is 10.9 Å². The molecule has 0 spiro atoms. The molecule has 2 aromatic rings. The van der Waals surface area contributed by atoms with E-state index < -0.39 is 0 Å². The number of benzene rings is 1. The summed E-state index contributed by atoms with van der Waals surface area (Å²) in [4.78, 5) is 0. The molecule has 1 heterocycles. The molecular weight excluding hydrogens is 250 g/mol. The van der Waals surface area contributed by atoms with Crippen molar-refractivity contribution in [1.29, 1.82) is 0 Å². The van der Waals surface area contributed by atoms with Crippen molar-refractivity contribution in [3.05, 3.63) is 23.9 Å². The molecule has 1 aliphatic rings. The second kappa shape index (κ2) is 5.83. The maximum atomic E-state index is 6.22. The fourth-order valence-corrected chi connectivity index (χ4v) is 3.12. The lowest BCUT2D eigenvalue weighted by molar-refractivity contribution is 0.139. The minimum absolute atomic E-state index is 0.355. The Hall–Kier alpha value is -1.55. The summed E-state index contributed by atoms with van der Waals surface area (Å²) in [6.07, 6.45) is 6.94. The second-order valence-electron chi connectivity index (χ2n) is 5.67. The average Bonchev–Trinajstić information content (AvgIpc) is 2.94. The Morgan fingerprint density at radius 1 is 1.30 bits per heavy atom. The van der Waals surface area contributed by atoms with E-state index in [0.717, 1.165) is 36.0 Å². The number of hydrogen-bond donors (Lipinski definition) is 2. The summed E-state index contributed by atoms with van der Waals surface area (Å²) in [6, 6.07) is 4.79. The summed E-state index contributed by atoms with van der Waals surface area (Å²) in [6.45, 7) is 5.34. The highest BCUT2D eigenvalue weighted by Gasteiger charge is 2.22. The standard InChI is InChI=1S/C16H23N3O/c1-3-17-12-4-6-13(7-5-12)20-16-9-8-15-14(11(16)2)10-18-19-15/h8-10,12-13,17H,3-7H2,1-2H3,(H,18,19)/t12-,13+. The molecule has 4 nitrogen and oxygen atoms in total. The van der Waals surface area contributed by atoms with Crippen LogP contribution in [0.5, 0.6) is 5.75 Å². The molecular formula is C16H23N3O. The number of aromatic nitrogens is 2. The molecule has 0 saturated heterocycles. The Morgan fingerprint density at radius 2 is 2.10 bits per heavy atom. The molecule has 0 atom stereocenters. The molecule has 1 saturated carbocycles. The number of aromatic amines is 1. The number of fused-ring (bicyclic) bond motifs is 1. The predicted molar refractivity (Wildman–Crippen MR) is 81.2 cm³/mol. The number of ether oxygens (including phenoxy) is 1. The van der Waals surface area contributed by atoms with Gasteiger partial charge in [-0.25, -0.2) is 0 Å². The van der Waals surface area contributed by atoms with Crippen LogP contribution in [-0.2, 0) is 0 Å². The van der Waals surface area contributed by atoms with Crippen molar-refractivity contribution in [3.8, 4) is 5.75 Å². The van der Waals surface area contributed by atoms with Gasteiger partial charge in [-0.1, -0.05) is 6.92 Å². The van der Waals surface area contributed by atoms with Crippen molar-refractivity contribution in [2.24, 2.45) is 0 Å². The number of rotatable bonds is 4. The van der Waals surface area contributed by atoms with Gasteiger partial charge in [0.25, 0.3) is 0 Å². The van der Waals surface area contributed by atoms with Gasteiger partial charge < -0.3 is 10.1 Å². The van der Waals surface area contributed by atoms with Gasteiger partial charge >= 0.3 is 0 Å². The second-order valence-corrected chi connectivity index (χ2v) is 5.67. The van der Waals surface area contributed by atoms with E-state index in [4.69, 9.17) is 4.74 Å². The lowest BCUT2D eigenvalue weighted by Gasteiger charge is -2.29. The van der Waals surface area contributed by atoms with E-state index in [9.17, 15) is 0 Å². The minimum Gasteiger partial charge on any atom is -0.490 e. The highest BCUT2D eigenvalue weighted by Crippen LogP contribution is 2.29. The molecule has 0 aliphatic heterocycles. The molecule has 1 aromatic carbocycles. The summed E-state index contributed by atoms with van der Waals surface area (Å²) >= 11 is 0. The normalized spacial score (nSPS) is 23.1. The van der Waals surface area contributed by atoms with E-state index in [1.807, 2.05) is 6.20 Å². The van der Waals surface area contributed by atoms with Crippen molar-refractivity contribution in [1.82, 2.24) is 15.5 Å². The van der Waals surface area contributed by atoms with Gasteiger partial charge in [0.1, 0.15) is 5.75 Å². The Morgan fingerprint density at radius 3 is 2.85 bits per heavy atom. The van der Waals surface area contributed by atoms with Gasteiger partial charge in [-0.3, -0.25) is 5.10 Å². The fraction of sp³-hybridized carbons (Fsp3) is 0.562. The Bertz CT molecular complexity index is 570. The fourth-order valence-electron chi connectivity index (χ4n) is 3.12. The number of aryl methyl sites for hydroxylation is 1. The highest BCUT2D eigenvalue weighted by molar-refractivity contribution is 5.83. The third-order valence-electron chi connectivity index (χ3n) is 4.30. The zero-order chi connectivity index (χ0) is 13.9. The van der Waals surface area contributed by atoms with Crippen molar-refractivity contribution < 1.29 is 4.74 Å². The Kier molecular flexibility index (Phi) is 3.92. The van der Waals surface area contributed by atoms with Crippen LogP contribution in [0.3, 0.4) is 0 Å². The summed E-state index contributed by atoms with van der Waals surface area (Å²) in [5.74, 6) is 1.01. The first kappa shape index (κ1) is 13.4. The highest BCUT2D eigenvalue weighted by atomic mass is 16.5. The molecule has 108 valence electrons.